The largest absolute Gasteiger partial charge is 0.395 e. The van der Waals surface area contributed by atoms with Gasteiger partial charge in [0, 0.05) is 19.6 Å². The first kappa shape index (κ1) is 13.5. The van der Waals surface area contributed by atoms with Crippen molar-refractivity contribution < 1.29 is 10.2 Å². The van der Waals surface area contributed by atoms with Crippen LogP contribution in [0.5, 0.6) is 0 Å². The lowest BCUT2D eigenvalue weighted by molar-refractivity contribution is 0.281. The molecule has 8 nitrogen and oxygen atoms in total. The highest BCUT2D eigenvalue weighted by Gasteiger charge is 2.15. The second kappa shape index (κ2) is 6.30. The first-order chi connectivity index (χ1) is 9.30. The van der Waals surface area contributed by atoms with Crippen molar-refractivity contribution >= 4 is 22.9 Å². The molecule has 0 aromatic carbocycles. The highest BCUT2D eigenvalue weighted by Crippen LogP contribution is 2.22. The lowest BCUT2D eigenvalue weighted by Gasteiger charge is -2.22. The summed E-state index contributed by atoms with van der Waals surface area (Å²) < 4.78 is 0. The Hall–Kier alpha value is -1.93. The third kappa shape index (κ3) is 2.91. The molecule has 0 fully saturated rings. The molecule has 0 atom stereocenters. The average molecular weight is 266 g/mol. The fraction of sp³-hybridized carbons (Fsp3) is 0.545. The van der Waals surface area contributed by atoms with Gasteiger partial charge in [0.05, 0.1) is 19.5 Å². The van der Waals surface area contributed by atoms with Gasteiger partial charge in [0.1, 0.15) is 5.52 Å². The van der Waals surface area contributed by atoms with Crippen molar-refractivity contribution in [3.05, 3.63) is 6.33 Å². The van der Waals surface area contributed by atoms with Crippen molar-refractivity contribution in [3.8, 4) is 0 Å². The lowest BCUT2D eigenvalue weighted by Crippen LogP contribution is -2.31. The van der Waals surface area contributed by atoms with E-state index in [-0.39, 0.29) is 13.2 Å². The van der Waals surface area contributed by atoms with Gasteiger partial charge < -0.3 is 25.4 Å². The number of fused-ring (bicyclic) bond motifs is 1. The quantitative estimate of drug-likeness (QED) is 0.538. The predicted octanol–water partition coefficient (Wildman–Crippen LogP) is -0.424. The summed E-state index contributed by atoms with van der Waals surface area (Å²) in [5.41, 5.74) is 1.25. The fourth-order valence-corrected chi connectivity index (χ4v) is 1.85. The van der Waals surface area contributed by atoms with Crippen LogP contribution in [0.3, 0.4) is 0 Å². The minimum absolute atomic E-state index is 0.0177. The van der Waals surface area contributed by atoms with Crippen molar-refractivity contribution in [1.82, 2.24) is 19.9 Å². The number of aliphatic hydroxyl groups excluding tert-OH is 2. The Balaban J connectivity index is 2.45. The number of nitrogens with zero attached hydrogens (tertiary/aromatic N) is 4. The van der Waals surface area contributed by atoms with Crippen LogP contribution in [0.25, 0.3) is 11.2 Å². The maximum atomic E-state index is 9.11. The molecule has 0 saturated heterocycles. The molecule has 0 bridgehead atoms. The number of H-pyrrole nitrogens is 1. The van der Waals surface area contributed by atoms with Crippen molar-refractivity contribution in [2.75, 3.05) is 43.1 Å². The number of rotatable bonds is 7. The Kier molecular flexibility index (Phi) is 4.48. The van der Waals surface area contributed by atoms with E-state index in [0.717, 1.165) is 0 Å². The third-order valence-corrected chi connectivity index (χ3v) is 2.64. The Morgan fingerprint density at radius 1 is 1.26 bits per heavy atom. The lowest BCUT2D eigenvalue weighted by atomic mass is 10.4. The zero-order chi connectivity index (χ0) is 13.7. The number of aliphatic hydroxyl groups is 2. The Labute approximate surface area is 110 Å². The van der Waals surface area contributed by atoms with E-state index in [1.165, 1.54) is 0 Å². The standard InChI is InChI=1S/C11H18N6O2/c1-2-12-11-15-9-8(13-7-14-9)10(16-11)17(3-5-18)4-6-19/h7,18-19H,2-6H2,1H3,(H2,12,13,14,15,16). The molecule has 2 heterocycles. The van der Waals surface area contributed by atoms with Crippen molar-refractivity contribution in [2.45, 2.75) is 6.92 Å². The van der Waals surface area contributed by atoms with Gasteiger partial charge in [-0.05, 0) is 6.92 Å². The Bertz CT molecular complexity index is 523. The minimum Gasteiger partial charge on any atom is -0.395 e. The van der Waals surface area contributed by atoms with E-state index in [0.29, 0.717) is 42.6 Å². The summed E-state index contributed by atoms with van der Waals surface area (Å²) in [5.74, 6) is 1.11. The molecule has 0 amide bonds. The summed E-state index contributed by atoms with van der Waals surface area (Å²) >= 11 is 0. The van der Waals surface area contributed by atoms with E-state index in [2.05, 4.69) is 25.3 Å². The number of hydrogen-bond acceptors (Lipinski definition) is 7. The Morgan fingerprint density at radius 3 is 2.63 bits per heavy atom. The second-order valence-corrected chi connectivity index (χ2v) is 3.94. The molecule has 4 N–H and O–H groups in total. The van der Waals surface area contributed by atoms with Crippen LogP contribution in [0.4, 0.5) is 11.8 Å². The number of aromatic nitrogens is 4. The van der Waals surface area contributed by atoms with Gasteiger partial charge in [0.2, 0.25) is 5.95 Å². The van der Waals surface area contributed by atoms with Gasteiger partial charge in [-0.1, -0.05) is 0 Å². The topological polar surface area (TPSA) is 110 Å². The number of anilines is 2. The van der Waals surface area contributed by atoms with Crippen LogP contribution in [0.15, 0.2) is 6.33 Å². The van der Waals surface area contributed by atoms with E-state index in [1.54, 1.807) is 11.2 Å². The second-order valence-electron chi connectivity index (χ2n) is 3.94. The number of imidazole rings is 1. The van der Waals surface area contributed by atoms with Crippen LogP contribution in [-0.4, -0.2) is 63.0 Å². The van der Waals surface area contributed by atoms with Crippen molar-refractivity contribution in [1.29, 1.82) is 0 Å². The third-order valence-electron chi connectivity index (χ3n) is 2.64. The fourth-order valence-electron chi connectivity index (χ4n) is 1.85. The van der Waals surface area contributed by atoms with Gasteiger partial charge in [-0.25, -0.2) is 4.98 Å². The summed E-state index contributed by atoms with van der Waals surface area (Å²) in [6.07, 6.45) is 1.55. The zero-order valence-corrected chi connectivity index (χ0v) is 10.8. The van der Waals surface area contributed by atoms with Gasteiger partial charge in [-0.2, -0.15) is 9.97 Å². The molecule has 0 unspecified atom stereocenters. The summed E-state index contributed by atoms with van der Waals surface area (Å²) in [5, 5.41) is 21.3. The Morgan fingerprint density at radius 2 is 2.00 bits per heavy atom. The van der Waals surface area contributed by atoms with Gasteiger partial charge in [0.15, 0.2) is 11.5 Å². The van der Waals surface area contributed by atoms with Crippen molar-refractivity contribution in [2.24, 2.45) is 0 Å². The maximum absolute atomic E-state index is 9.11. The van der Waals surface area contributed by atoms with Crippen LogP contribution in [-0.2, 0) is 0 Å². The van der Waals surface area contributed by atoms with Gasteiger partial charge in [0.25, 0.3) is 0 Å². The molecule has 2 aromatic heterocycles. The molecule has 0 saturated carbocycles. The first-order valence-electron chi connectivity index (χ1n) is 6.21. The van der Waals surface area contributed by atoms with E-state index >= 15 is 0 Å². The van der Waals surface area contributed by atoms with E-state index < -0.39 is 0 Å². The van der Waals surface area contributed by atoms with Crippen LogP contribution < -0.4 is 10.2 Å². The summed E-state index contributed by atoms with van der Waals surface area (Å²) in [7, 11) is 0. The molecule has 0 aliphatic carbocycles. The molecule has 2 rings (SSSR count). The predicted molar refractivity (Wildman–Crippen MR) is 72.2 cm³/mol. The molecule has 104 valence electrons. The summed E-state index contributed by atoms with van der Waals surface area (Å²) in [4.78, 5) is 17.6. The van der Waals surface area contributed by atoms with E-state index in [4.69, 9.17) is 10.2 Å². The number of hydrogen-bond donors (Lipinski definition) is 4. The van der Waals surface area contributed by atoms with Gasteiger partial charge in [-0.3, -0.25) is 0 Å². The van der Waals surface area contributed by atoms with Crippen molar-refractivity contribution in [3.63, 3.8) is 0 Å². The SMILES string of the molecule is CCNc1nc(N(CCO)CCO)c2[nH]cnc2n1. The monoisotopic (exact) mass is 266 g/mol. The molecular formula is C11H18N6O2. The normalized spacial score (nSPS) is 10.9. The first-order valence-corrected chi connectivity index (χ1v) is 6.21. The van der Waals surface area contributed by atoms with Crippen LogP contribution in [0.1, 0.15) is 6.92 Å². The zero-order valence-electron chi connectivity index (χ0n) is 10.8. The molecule has 0 aliphatic rings. The maximum Gasteiger partial charge on any atom is 0.226 e. The molecular weight excluding hydrogens is 248 g/mol. The number of aromatic amines is 1. The molecule has 2 aromatic rings. The summed E-state index contributed by atoms with van der Waals surface area (Å²) in [6, 6.07) is 0. The minimum atomic E-state index is -0.0177. The highest BCUT2D eigenvalue weighted by molar-refractivity contribution is 5.84. The van der Waals surface area contributed by atoms with Gasteiger partial charge >= 0.3 is 0 Å². The molecule has 0 radical (unpaired) electrons. The molecule has 19 heavy (non-hydrogen) atoms. The van der Waals surface area contributed by atoms with E-state index in [1.807, 2.05) is 6.92 Å². The van der Waals surface area contributed by atoms with Gasteiger partial charge in [-0.15, -0.1) is 0 Å². The van der Waals surface area contributed by atoms with Crippen LogP contribution in [0.2, 0.25) is 0 Å². The molecule has 0 aliphatic heterocycles. The average Bonchev–Trinajstić information content (AvgIpc) is 2.86. The number of nitrogens with one attached hydrogen (secondary N) is 2. The highest BCUT2D eigenvalue weighted by atomic mass is 16.3. The van der Waals surface area contributed by atoms with E-state index in [9.17, 15) is 0 Å². The van der Waals surface area contributed by atoms with Crippen LogP contribution >= 0.6 is 0 Å². The summed E-state index contributed by atoms with van der Waals surface area (Å²) in [6.45, 7) is 3.40. The van der Waals surface area contributed by atoms with Crippen LogP contribution in [0, 0.1) is 0 Å². The smallest absolute Gasteiger partial charge is 0.226 e. The molecule has 8 heteroatoms. The molecule has 0 spiro atoms.